The molecular weight excluding hydrogens is 276 g/mol. The molecule has 2 aromatic rings. The third-order valence-electron chi connectivity index (χ3n) is 3.03. The first-order valence-corrected chi connectivity index (χ1v) is 6.16. The molecule has 0 saturated carbocycles. The molecule has 0 saturated heterocycles. The van der Waals surface area contributed by atoms with Crippen molar-refractivity contribution in [2.75, 3.05) is 5.32 Å². The number of aryl methyl sites for hydroxylation is 2. The van der Waals surface area contributed by atoms with Crippen molar-refractivity contribution in [1.82, 2.24) is 5.16 Å². The predicted octanol–water partition coefficient (Wildman–Crippen LogP) is 1.88. The highest BCUT2D eigenvalue weighted by atomic mass is 16.5. The quantitative estimate of drug-likeness (QED) is 0.741. The summed E-state index contributed by atoms with van der Waals surface area (Å²) < 4.78 is 4.97. The van der Waals surface area contributed by atoms with E-state index in [4.69, 9.17) is 9.63 Å². The number of carbonyl (C=O) groups is 2. The fraction of sp³-hybridized carbons (Fsp3) is 0.214. The lowest BCUT2D eigenvalue weighted by Gasteiger charge is -2.07. The van der Waals surface area contributed by atoms with Gasteiger partial charge < -0.3 is 20.1 Å². The summed E-state index contributed by atoms with van der Waals surface area (Å²) in [5.41, 5.74) is 1.36. The van der Waals surface area contributed by atoms with Crippen LogP contribution in [0, 0.1) is 13.8 Å². The predicted molar refractivity (Wildman–Crippen MR) is 73.4 cm³/mol. The second-order valence-electron chi connectivity index (χ2n) is 4.56. The average Bonchev–Trinajstić information content (AvgIpc) is 2.72. The van der Waals surface area contributed by atoms with Crippen molar-refractivity contribution < 1.29 is 24.3 Å². The summed E-state index contributed by atoms with van der Waals surface area (Å²) in [7, 11) is 0. The van der Waals surface area contributed by atoms with Crippen LogP contribution in [-0.4, -0.2) is 27.2 Å². The van der Waals surface area contributed by atoms with Crippen LogP contribution in [0.4, 0.5) is 5.69 Å². The first-order chi connectivity index (χ1) is 9.88. The topological polar surface area (TPSA) is 113 Å². The van der Waals surface area contributed by atoms with Gasteiger partial charge in [-0.25, -0.2) is 4.79 Å². The van der Waals surface area contributed by atoms with Gasteiger partial charge in [0.15, 0.2) is 0 Å². The summed E-state index contributed by atoms with van der Waals surface area (Å²) in [6.45, 7) is 3.45. The Morgan fingerprint density at radius 2 is 2.05 bits per heavy atom. The third-order valence-corrected chi connectivity index (χ3v) is 3.03. The van der Waals surface area contributed by atoms with E-state index in [9.17, 15) is 14.7 Å². The molecule has 0 aliphatic heterocycles. The Balaban J connectivity index is 2.13. The van der Waals surface area contributed by atoms with Gasteiger partial charge in [0.2, 0.25) is 5.91 Å². The van der Waals surface area contributed by atoms with E-state index in [1.807, 2.05) is 0 Å². The van der Waals surface area contributed by atoms with Gasteiger partial charge in [-0.15, -0.1) is 0 Å². The van der Waals surface area contributed by atoms with Gasteiger partial charge in [0, 0.05) is 11.3 Å². The molecule has 7 nitrogen and oxygen atoms in total. The highest BCUT2D eigenvalue weighted by Crippen LogP contribution is 2.22. The summed E-state index contributed by atoms with van der Waals surface area (Å²) in [5, 5.41) is 24.7. The van der Waals surface area contributed by atoms with Crippen molar-refractivity contribution in [3.63, 3.8) is 0 Å². The van der Waals surface area contributed by atoms with E-state index in [0.717, 1.165) is 0 Å². The standard InChI is InChI=1S/C14H14N2O5/c1-7-10(8(2)21-16-7)6-13(18)15-9-3-4-12(17)11(5-9)14(19)20/h3-5,17H,6H2,1-2H3,(H,15,18)(H,19,20). The Morgan fingerprint density at radius 3 is 2.62 bits per heavy atom. The van der Waals surface area contributed by atoms with Crippen LogP contribution >= 0.6 is 0 Å². The molecule has 1 aromatic carbocycles. The van der Waals surface area contributed by atoms with Crippen molar-refractivity contribution in [3.05, 3.63) is 40.8 Å². The number of aromatic hydroxyl groups is 1. The molecular formula is C14H14N2O5. The molecule has 1 aromatic heterocycles. The maximum absolute atomic E-state index is 12.0. The zero-order valence-electron chi connectivity index (χ0n) is 11.5. The molecule has 0 aliphatic rings. The Morgan fingerprint density at radius 1 is 1.33 bits per heavy atom. The molecule has 7 heteroatoms. The molecule has 1 heterocycles. The minimum absolute atomic E-state index is 0.0739. The van der Waals surface area contributed by atoms with Crippen molar-refractivity contribution in [2.45, 2.75) is 20.3 Å². The number of benzene rings is 1. The monoisotopic (exact) mass is 290 g/mol. The van der Waals surface area contributed by atoms with Crippen LogP contribution < -0.4 is 5.32 Å². The fourth-order valence-corrected chi connectivity index (χ4v) is 1.91. The number of carbonyl (C=O) groups excluding carboxylic acids is 1. The maximum Gasteiger partial charge on any atom is 0.339 e. The second kappa shape index (κ2) is 5.66. The number of aromatic nitrogens is 1. The highest BCUT2D eigenvalue weighted by Gasteiger charge is 2.15. The first-order valence-electron chi connectivity index (χ1n) is 6.16. The smallest absolute Gasteiger partial charge is 0.339 e. The molecule has 1 amide bonds. The zero-order chi connectivity index (χ0) is 15.6. The number of amides is 1. The number of hydrogen-bond donors (Lipinski definition) is 3. The molecule has 0 spiro atoms. The molecule has 3 N–H and O–H groups in total. The van der Waals surface area contributed by atoms with Crippen LogP contribution in [-0.2, 0) is 11.2 Å². The van der Waals surface area contributed by atoms with E-state index >= 15 is 0 Å². The van der Waals surface area contributed by atoms with Gasteiger partial charge in [0.25, 0.3) is 0 Å². The summed E-state index contributed by atoms with van der Waals surface area (Å²) in [4.78, 5) is 22.9. The lowest BCUT2D eigenvalue weighted by Crippen LogP contribution is -2.15. The van der Waals surface area contributed by atoms with Crippen LogP contribution in [0.2, 0.25) is 0 Å². The number of carboxylic acid groups (broad SMARTS) is 1. The van der Waals surface area contributed by atoms with Crippen molar-refractivity contribution in [3.8, 4) is 5.75 Å². The normalized spacial score (nSPS) is 10.4. The zero-order valence-corrected chi connectivity index (χ0v) is 11.5. The van der Waals surface area contributed by atoms with Gasteiger partial charge >= 0.3 is 5.97 Å². The maximum atomic E-state index is 12.0. The number of carboxylic acids is 1. The van der Waals surface area contributed by atoms with Crippen LogP contribution in [0.15, 0.2) is 22.7 Å². The summed E-state index contributed by atoms with van der Waals surface area (Å²) >= 11 is 0. The number of hydrogen-bond acceptors (Lipinski definition) is 5. The van der Waals surface area contributed by atoms with Gasteiger partial charge in [0.05, 0.1) is 12.1 Å². The number of phenols is 1. The molecule has 0 fully saturated rings. The van der Waals surface area contributed by atoms with Gasteiger partial charge in [0.1, 0.15) is 17.1 Å². The summed E-state index contributed by atoms with van der Waals surface area (Å²) in [6.07, 6.45) is 0.0739. The number of aromatic carboxylic acids is 1. The fourth-order valence-electron chi connectivity index (χ4n) is 1.91. The largest absolute Gasteiger partial charge is 0.507 e. The first kappa shape index (κ1) is 14.6. The summed E-state index contributed by atoms with van der Waals surface area (Å²) in [6, 6.07) is 3.84. The van der Waals surface area contributed by atoms with E-state index in [1.54, 1.807) is 13.8 Å². The Kier molecular flexibility index (Phi) is 3.93. The molecule has 0 atom stereocenters. The molecule has 21 heavy (non-hydrogen) atoms. The average molecular weight is 290 g/mol. The second-order valence-corrected chi connectivity index (χ2v) is 4.56. The molecule has 0 radical (unpaired) electrons. The Hall–Kier alpha value is -2.83. The molecule has 2 rings (SSSR count). The van der Waals surface area contributed by atoms with Crippen LogP contribution in [0.3, 0.4) is 0 Å². The molecule has 0 bridgehead atoms. The summed E-state index contributed by atoms with van der Waals surface area (Å²) in [5.74, 6) is -1.38. The number of nitrogens with one attached hydrogen (secondary N) is 1. The van der Waals surface area contributed by atoms with Crippen molar-refractivity contribution >= 4 is 17.6 Å². The van der Waals surface area contributed by atoms with Crippen molar-refractivity contribution in [1.29, 1.82) is 0 Å². The van der Waals surface area contributed by atoms with E-state index in [-0.39, 0.29) is 23.6 Å². The molecule has 0 unspecified atom stereocenters. The lowest BCUT2D eigenvalue weighted by atomic mass is 10.1. The molecule has 110 valence electrons. The van der Waals surface area contributed by atoms with Gasteiger partial charge in [-0.1, -0.05) is 5.16 Å². The van der Waals surface area contributed by atoms with Gasteiger partial charge in [-0.2, -0.15) is 0 Å². The molecule has 0 aliphatic carbocycles. The van der Waals surface area contributed by atoms with E-state index in [2.05, 4.69) is 10.5 Å². The highest BCUT2D eigenvalue weighted by molar-refractivity contribution is 5.96. The Bertz CT molecular complexity index is 686. The number of nitrogens with zero attached hydrogens (tertiary/aromatic N) is 1. The lowest BCUT2D eigenvalue weighted by molar-refractivity contribution is -0.115. The van der Waals surface area contributed by atoms with Crippen LogP contribution in [0.1, 0.15) is 27.4 Å². The van der Waals surface area contributed by atoms with E-state index in [1.165, 1.54) is 18.2 Å². The van der Waals surface area contributed by atoms with Crippen LogP contribution in [0.5, 0.6) is 5.75 Å². The number of rotatable bonds is 4. The van der Waals surface area contributed by atoms with E-state index < -0.39 is 5.97 Å². The van der Waals surface area contributed by atoms with Crippen LogP contribution in [0.25, 0.3) is 0 Å². The van der Waals surface area contributed by atoms with Gasteiger partial charge in [-0.3, -0.25) is 4.79 Å². The minimum Gasteiger partial charge on any atom is -0.507 e. The minimum atomic E-state index is -1.27. The van der Waals surface area contributed by atoms with E-state index in [0.29, 0.717) is 22.7 Å². The van der Waals surface area contributed by atoms with Gasteiger partial charge in [-0.05, 0) is 32.0 Å². The van der Waals surface area contributed by atoms with Crippen molar-refractivity contribution in [2.24, 2.45) is 0 Å². The SMILES string of the molecule is Cc1noc(C)c1CC(=O)Nc1ccc(O)c(C(=O)O)c1. The number of anilines is 1. The third kappa shape index (κ3) is 3.19. The Labute approximate surface area is 120 Å².